The topological polar surface area (TPSA) is 87.7 Å². The fourth-order valence-corrected chi connectivity index (χ4v) is 2.31. The number of aliphatic hydroxyl groups is 1. The van der Waals surface area contributed by atoms with E-state index in [0.29, 0.717) is 11.4 Å². The van der Waals surface area contributed by atoms with Crippen molar-refractivity contribution >= 4 is 17.5 Å². The first kappa shape index (κ1) is 18.5. The van der Waals surface area contributed by atoms with Gasteiger partial charge >= 0.3 is 0 Å². The van der Waals surface area contributed by atoms with Crippen molar-refractivity contribution in [1.82, 2.24) is 5.32 Å². The summed E-state index contributed by atoms with van der Waals surface area (Å²) in [6.07, 6.45) is 0. The van der Waals surface area contributed by atoms with E-state index in [1.54, 1.807) is 31.2 Å². The molecule has 1 unspecified atom stereocenters. The molecule has 0 fully saturated rings. The van der Waals surface area contributed by atoms with Crippen LogP contribution in [0.15, 0.2) is 54.6 Å². The number of hydrogen-bond acceptors (Lipinski definition) is 4. The molecule has 6 nitrogen and oxygen atoms in total. The molecule has 0 heterocycles. The van der Waals surface area contributed by atoms with Crippen LogP contribution in [0, 0.1) is 0 Å². The highest BCUT2D eigenvalue weighted by molar-refractivity contribution is 5.98. The maximum atomic E-state index is 12.3. The van der Waals surface area contributed by atoms with E-state index in [1.165, 1.54) is 7.11 Å². The molecule has 0 aliphatic carbocycles. The Bertz CT molecular complexity index is 718. The highest BCUT2D eigenvalue weighted by Crippen LogP contribution is 2.17. The molecule has 6 heteroatoms. The van der Waals surface area contributed by atoms with Gasteiger partial charge in [-0.25, -0.2) is 0 Å². The molecule has 2 atom stereocenters. The number of carbonyl (C=O) groups excluding carboxylic acids is 2. The van der Waals surface area contributed by atoms with Crippen LogP contribution in [0.25, 0.3) is 0 Å². The van der Waals surface area contributed by atoms with Gasteiger partial charge in [0.15, 0.2) is 0 Å². The van der Waals surface area contributed by atoms with Gasteiger partial charge in [0.25, 0.3) is 0 Å². The summed E-state index contributed by atoms with van der Waals surface area (Å²) in [7, 11) is 1.53. The lowest BCUT2D eigenvalue weighted by molar-refractivity contribution is -0.128. The Labute approximate surface area is 146 Å². The van der Waals surface area contributed by atoms with Crippen LogP contribution in [0.5, 0.6) is 5.75 Å². The molecular formula is C19H22N2O4. The van der Waals surface area contributed by atoms with E-state index in [9.17, 15) is 14.7 Å². The normalized spacial score (nSPS) is 12.8. The molecule has 2 aromatic carbocycles. The second-order valence-corrected chi connectivity index (χ2v) is 5.60. The van der Waals surface area contributed by atoms with Crippen LogP contribution in [0.1, 0.15) is 18.4 Å². The zero-order valence-electron chi connectivity index (χ0n) is 14.2. The Morgan fingerprint density at radius 1 is 1.08 bits per heavy atom. The van der Waals surface area contributed by atoms with Crippen molar-refractivity contribution in [2.45, 2.75) is 18.9 Å². The fourth-order valence-electron chi connectivity index (χ4n) is 2.31. The van der Waals surface area contributed by atoms with Crippen LogP contribution in [0.3, 0.4) is 0 Å². The molecule has 0 aliphatic rings. The van der Waals surface area contributed by atoms with Crippen LogP contribution in [0.2, 0.25) is 0 Å². The SMILES string of the molecule is COc1cccc(NC(=O)[C@H](CO)NC(=O)C(C)c2ccccc2)c1. The van der Waals surface area contributed by atoms with Crippen molar-refractivity contribution in [3.63, 3.8) is 0 Å². The van der Waals surface area contributed by atoms with Gasteiger partial charge < -0.3 is 20.5 Å². The zero-order valence-corrected chi connectivity index (χ0v) is 14.2. The number of anilines is 1. The number of rotatable bonds is 7. The molecule has 0 aromatic heterocycles. The van der Waals surface area contributed by atoms with E-state index in [2.05, 4.69) is 10.6 Å². The summed E-state index contributed by atoms with van der Waals surface area (Å²) in [6, 6.07) is 15.0. The zero-order chi connectivity index (χ0) is 18.2. The molecule has 132 valence electrons. The van der Waals surface area contributed by atoms with Crippen LogP contribution < -0.4 is 15.4 Å². The monoisotopic (exact) mass is 342 g/mol. The third kappa shape index (κ3) is 5.06. The molecule has 0 spiro atoms. The van der Waals surface area contributed by atoms with E-state index in [0.717, 1.165) is 5.56 Å². The summed E-state index contributed by atoms with van der Waals surface area (Å²) in [5, 5.41) is 14.7. The average molecular weight is 342 g/mol. The number of nitrogens with one attached hydrogen (secondary N) is 2. The lowest BCUT2D eigenvalue weighted by Gasteiger charge is -2.19. The minimum absolute atomic E-state index is 0.328. The molecule has 25 heavy (non-hydrogen) atoms. The van der Waals surface area contributed by atoms with Crippen molar-refractivity contribution in [3.05, 3.63) is 60.2 Å². The first-order valence-corrected chi connectivity index (χ1v) is 7.96. The summed E-state index contributed by atoms with van der Waals surface area (Å²) in [6.45, 7) is 1.25. The van der Waals surface area contributed by atoms with Gasteiger partial charge in [-0.2, -0.15) is 0 Å². The quantitative estimate of drug-likeness (QED) is 0.717. The Morgan fingerprint density at radius 2 is 1.80 bits per heavy atom. The Balaban J connectivity index is 2.00. The lowest BCUT2D eigenvalue weighted by Crippen LogP contribution is -2.47. The molecule has 2 rings (SSSR count). The molecule has 0 saturated heterocycles. The van der Waals surface area contributed by atoms with Crippen LogP contribution in [-0.2, 0) is 9.59 Å². The standard InChI is InChI=1S/C19H22N2O4/c1-13(14-7-4-3-5-8-14)18(23)21-17(12-22)19(24)20-15-9-6-10-16(11-15)25-2/h3-11,13,17,22H,12H2,1-2H3,(H,20,24)(H,21,23)/t13?,17-/m0/s1. The molecule has 0 radical (unpaired) electrons. The summed E-state index contributed by atoms with van der Waals surface area (Å²) >= 11 is 0. The van der Waals surface area contributed by atoms with Gasteiger partial charge in [-0.05, 0) is 24.6 Å². The number of hydrogen-bond donors (Lipinski definition) is 3. The summed E-state index contributed by atoms with van der Waals surface area (Å²) < 4.78 is 5.10. The van der Waals surface area contributed by atoms with Crippen molar-refractivity contribution in [2.75, 3.05) is 19.0 Å². The van der Waals surface area contributed by atoms with Crippen LogP contribution >= 0.6 is 0 Å². The third-order valence-corrected chi connectivity index (χ3v) is 3.85. The number of methoxy groups -OCH3 is 1. The average Bonchev–Trinajstić information content (AvgIpc) is 2.65. The summed E-state index contributed by atoms with van der Waals surface area (Å²) in [5.41, 5.74) is 1.36. The molecule has 0 bridgehead atoms. The molecule has 2 amide bonds. The van der Waals surface area contributed by atoms with E-state index in [4.69, 9.17) is 4.74 Å². The van der Waals surface area contributed by atoms with Gasteiger partial charge in [-0.15, -0.1) is 0 Å². The highest BCUT2D eigenvalue weighted by Gasteiger charge is 2.23. The molecule has 0 aliphatic heterocycles. The van der Waals surface area contributed by atoms with Gasteiger partial charge in [0.05, 0.1) is 19.6 Å². The van der Waals surface area contributed by atoms with Crippen LogP contribution in [-0.4, -0.2) is 36.7 Å². The predicted octanol–water partition coefficient (Wildman–Crippen LogP) is 1.91. The lowest BCUT2D eigenvalue weighted by atomic mass is 10.00. The highest BCUT2D eigenvalue weighted by atomic mass is 16.5. The van der Waals surface area contributed by atoms with Gasteiger partial charge in [-0.3, -0.25) is 9.59 Å². The molecular weight excluding hydrogens is 320 g/mol. The largest absolute Gasteiger partial charge is 0.497 e. The van der Waals surface area contributed by atoms with Crippen molar-refractivity contribution in [2.24, 2.45) is 0 Å². The number of benzene rings is 2. The predicted molar refractivity (Wildman–Crippen MR) is 95.5 cm³/mol. The minimum atomic E-state index is -1.04. The molecule has 3 N–H and O–H groups in total. The third-order valence-electron chi connectivity index (χ3n) is 3.85. The second kappa shape index (κ2) is 8.84. The number of carbonyl (C=O) groups is 2. The summed E-state index contributed by atoms with van der Waals surface area (Å²) in [5.74, 6) is -0.657. The Kier molecular flexibility index (Phi) is 6.54. The number of aliphatic hydroxyl groups excluding tert-OH is 1. The number of amides is 2. The van der Waals surface area contributed by atoms with Gasteiger partial charge in [0.1, 0.15) is 11.8 Å². The summed E-state index contributed by atoms with van der Waals surface area (Å²) in [4.78, 5) is 24.7. The van der Waals surface area contributed by atoms with E-state index < -0.39 is 24.5 Å². The van der Waals surface area contributed by atoms with Crippen molar-refractivity contribution in [1.29, 1.82) is 0 Å². The Morgan fingerprint density at radius 3 is 2.44 bits per heavy atom. The smallest absolute Gasteiger partial charge is 0.249 e. The molecule has 2 aromatic rings. The van der Waals surface area contributed by atoms with E-state index >= 15 is 0 Å². The van der Waals surface area contributed by atoms with Crippen molar-refractivity contribution in [3.8, 4) is 5.75 Å². The van der Waals surface area contributed by atoms with E-state index in [1.807, 2.05) is 30.3 Å². The minimum Gasteiger partial charge on any atom is -0.497 e. The second-order valence-electron chi connectivity index (χ2n) is 5.60. The van der Waals surface area contributed by atoms with Crippen molar-refractivity contribution < 1.29 is 19.4 Å². The van der Waals surface area contributed by atoms with Crippen LogP contribution in [0.4, 0.5) is 5.69 Å². The maximum absolute atomic E-state index is 12.3. The number of ether oxygens (including phenoxy) is 1. The first-order valence-electron chi connectivity index (χ1n) is 7.96. The Hall–Kier alpha value is -2.86. The maximum Gasteiger partial charge on any atom is 0.249 e. The fraction of sp³-hybridized carbons (Fsp3) is 0.263. The molecule has 0 saturated carbocycles. The van der Waals surface area contributed by atoms with Gasteiger partial charge in [0, 0.05) is 11.8 Å². The van der Waals surface area contributed by atoms with Gasteiger partial charge in [0.2, 0.25) is 11.8 Å². The van der Waals surface area contributed by atoms with Gasteiger partial charge in [-0.1, -0.05) is 36.4 Å². The van der Waals surface area contributed by atoms with E-state index in [-0.39, 0.29) is 5.91 Å². The first-order chi connectivity index (χ1) is 12.0.